The number of hydrogen-bond donors (Lipinski definition) is 1. The third-order valence-electron chi connectivity index (χ3n) is 3.12. The van der Waals surface area contributed by atoms with Crippen LogP contribution in [0.15, 0.2) is 30.5 Å². The molecule has 0 fully saturated rings. The Balaban J connectivity index is 1.86. The molecule has 0 saturated carbocycles. The van der Waals surface area contributed by atoms with Crippen molar-refractivity contribution in [2.75, 3.05) is 6.61 Å². The Morgan fingerprint density at radius 2 is 1.95 bits per heavy atom. The van der Waals surface area contributed by atoms with Crippen molar-refractivity contribution in [2.45, 2.75) is 39.2 Å². The molecule has 0 aliphatic carbocycles. The van der Waals surface area contributed by atoms with Crippen LogP contribution in [0.4, 0.5) is 0 Å². The second-order valence-corrected chi connectivity index (χ2v) is 4.76. The molecule has 0 spiro atoms. The summed E-state index contributed by atoms with van der Waals surface area (Å²) in [5, 5.41) is 8.00. The zero-order valence-electron chi connectivity index (χ0n) is 12.0. The molecule has 5 heteroatoms. The number of benzene rings is 1. The van der Waals surface area contributed by atoms with Gasteiger partial charge in [-0.15, -0.1) is 5.10 Å². The molecule has 5 nitrogen and oxygen atoms in total. The largest absolute Gasteiger partial charge is 0.494 e. The minimum Gasteiger partial charge on any atom is -0.494 e. The van der Waals surface area contributed by atoms with Crippen LogP contribution >= 0.6 is 0 Å². The third kappa shape index (κ3) is 4.06. The van der Waals surface area contributed by atoms with Crippen molar-refractivity contribution in [1.82, 2.24) is 15.0 Å². The molecule has 0 aliphatic heterocycles. The first-order chi connectivity index (χ1) is 9.83. The molecular formula is C15H22N4O. The summed E-state index contributed by atoms with van der Waals surface area (Å²) < 4.78 is 7.42. The summed E-state index contributed by atoms with van der Waals surface area (Å²) in [7, 11) is 0. The average Bonchev–Trinajstić information content (AvgIpc) is 2.97. The zero-order chi connectivity index (χ0) is 14.2. The van der Waals surface area contributed by atoms with Gasteiger partial charge in [0.05, 0.1) is 24.2 Å². The maximum atomic E-state index is 5.70. The van der Waals surface area contributed by atoms with Crippen LogP contribution in [0, 0.1) is 0 Å². The number of nitrogens with zero attached hydrogens (tertiary/aromatic N) is 3. The standard InChI is InChI=1S/C15H22N4O/c1-2-3-4-5-10-20-15-8-6-14(7-9-15)19-12-13(11-16)17-18-19/h6-9,12H,2-5,10-11,16H2,1H3. The first kappa shape index (κ1) is 14.5. The van der Waals surface area contributed by atoms with Crippen molar-refractivity contribution in [3.63, 3.8) is 0 Å². The molecule has 0 saturated heterocycles. The van der Waals surface area contributed by atoms with Crippen molar-refractivity contribution in [1.29, 1.82) is 0 Å². The predicted molar refractivity (Wildman–Crippen MR) is 78.9 cm³/mol. The van der Waals surface area contributed by atoms with Gasteiger partial charge < -0.3 is 10.5 Å². The number of nitrogens with two attached hydrogens (primary N) is 1. The number of hydrogen-bond acceptors (Lipinski definition) is 4. The molecule has 2 N–H and O–H groups in total. The minimum atomic E-state index is 0.402. The van der Waals surface area contributed by atoms with E-state index >= 15 is 0 Å². The van der Waals surface area contributed by atoms with E-state index in [4.69, 9.17) is 10.5 Å². The van der Waals surface area contributed by atoms with E-state index in [0.717, 1.165) is 30.2 Å². The normalized spacial score (nSPS) is 10.7. The van der Waals surface area contributed by atoms with E-state index in [1.165, 1.54) is 19.3 Å². The van der Waals surface area contributed by atoms with Crippen LogP contribution in [0.3, 0.4) is 0 Å². The van der Waals surface area contributed by atoms with Crippen LogP contribution < -0.4 is 10.5 Å². The van der Waals surface area contributed by atoms with Crippen LogP contribution in [0.25, 0.3) is 5.69 Å². The summed E-state index contributed by atoms with van der Waals surface area (Å²) in [5.74, 6) is 0.893. The lowest BCUT2D eigenvalue weighted by atomic mass is 10.2. The Kier molecular flexibility index (Phi) is 5.55. The fourth-order valence-electron chi connectivity index (χ4n) is 1.93. The van der Waals surface area contributed by atoms with Crippen LogP contribution in [0.1, 0.15) is 38.3 Å². The van der Waals surface area contributed by atoms with Crippen LogP contribution in [-0.4, -0.2) is 21.6 Å². The Morgan fingerprint density at radius 3 is 2.60 bits per heavy atom. The average molecular weight is 274 g/mol. The first-order valence-electron chi connectivity index (χ1n) is 7.18. The molecule has 1 heterocycles. The number of aromatic nitrogens is 3. The van der Waals surface area contributed by atoms with Gasteiger partial charge in [-0.2, -0.15) is 0 Å². The number of ether oxygens (including phenoxy) is 1. The predicted octanol–water partition coefficient (Wildman–Crippen LogP) is 2.69. The maximum absolute atomic E-state index is 5.70. The quantitative estimate of drug-likeness (QED) is 0.752. The highest BCUT2D eigenvalue weighted by Gasteiger charge is 2.01. The van der Waals surface area contributed by atoms with E-state index in [1.807, 2.05) is 30.5 Å². The molecule has 0 aliphatic rings. The van der Waals surface area contributed by atoms with Crippen LogP contribution in [-0.2, 0) is 6.54 Å². The van der Waals surface area contributed by atoms with Crippen molar-refractivity contribution >= 4 is 0 Å². The third-order valence-corrected chi connectivity index (χ3v) is 3.12. The van der Waals surface area contributed by atoms with Gasteiger partial charge in [-0.3, -0.25) is 0 Å². The monoisotopic (exact) mass is 274 g/mol. The van der Waals surface area contributed by atoms with Crippen molar-refractivity contribution in [2.24, 2.45) is 5.73 Å². The van der Waals surface area contributed by atoms with E-state index in [0.29, 0.717) is 6.54 Å². The van der Waals surface area contributed by atoms with Gasteiger partial charge in [-0.1, -0.05) is 31.4 Å². The fraction of sp³-hybridized carbons (Fsp3) is 0.467. The molecule has 0 bridgehead atoms. The van der Waals surface area contributed by atoms with Gasteiger partial charge in [0.2, 0.25) is 0 Å². The second-order valence-electron chi connectivity index (χ2n) is 4.76. The zero-order valence-corrected chi connectivity index (χ0v) is 12.0. The van der Waals surface area contributed by atoms with Gasteiger partial charge >= 0.3 is 0 Å². The smallest absolute Gasteiger partial charge is 0.119 e. The molecule has 0 radical (unpaired) electrons. The highest BCUT2D eigenvalue weighted by Crippen LogP contribution is 2.15. The van der Waals surface area contributed by atoms with E-state index in [9.17, 15) is 0 Å². The van der Waals surface area contributed by atoms with Crippen LogP contribution in [0.2, 0.25) is 0 Å². The molecule has 1 aromatic carbocycles. The van der Waals surface area contributed by atoms with Gasteiger partial charge in [0, 0.05) is 6.54 Å². The highest BCUT2D eigenvalue weighted by molar-refractivity contribution is 5.36. The van der Waals surface area contributed by atoms with Crippen molar-refractivity contribution < 1.29 is 4.74 Å². The van der Waals surface area contributed by atoms with Gasteiger partial charge in [0.1, 0.15) is 5.75 Å². The van der Waals surface area contributed by atoms with Gasteiger partial charge in [-0.25, -0.2) is 4.68 Å². The SMILES string of the molecule is CCCCCCOc1ccc(-n2cc(CN)nn2)cc1. The fourth-order valence-corrected chi connectivity index (χ4v) is 1.93. The van der Waals surface area contributed by atoms with Gasteiger partial charge in [0.15, 0.2) is 0 Å². The van der Waals surface area contributed by atoms with Crippen molar-refractivity contribution in [3.05, 3.63) is 36.2 Å². The van der Waals surface area contributed by atoms with E-state index < -0.39 is 0 Å². The lowest BCUT2D eigenvalue weighted by molar-refractivity contribution is 0.305. The summed E-state index contributed by atoms with van der Waals surface area (Å²) in [6.45, 7) is 3.39. The molecule has 0 amide bonds. The summed E-state index contributed by atoms with van der Waals surface area (Å²) in [5.41, 5.74) is 7.25. The Hall–Kier alpha value is -1.88. The lowest BCUT2D eigenvalue weighted by Crippen LogP contribution is -1.98. The molecule has 108 valence electrons. The molecule has 20 heavy (non-hydrogen) atoms. The molecular weight excluding hydrogens is 252 g/mol. The summed E-state index contributed by atoms with van der Waals surface area (Å²) in [4.78, 5) is 0. The van der Waals surface area contributed by atoms with Gasteiger partial charge in [-0.05, 0) is 30.7 Å². The molecule has 0 unspecified atom stereocenters. The minimum absolute atomic E-state index is 0.402. The van der Waals surface area contributed by atoms with Crippen molar-refractivity contribution in [3.8, 4) is 11.4 Å². The Morgan fingerprint density at radius 1 is 1.15 bits per heavy atom. The maximum Gasteiger partial charge on any atom is 0.119 e. The highest BCUT2D eigenvalue weighted by atomic mass is 16.5. The van der Waals surface area contributed by atoms with E-state index in [-0.39, 0.29) is 0 Å². The molecule has 2 aromatic rings. The summed E-state index contributed by atoms with van der Waals surface area (Å²) >= 11 is 0. The number of unbranched alkanes of at least 4 members (excludes halogenated alkanes) is 3. The summed E-state index contributed by atoms with van der Waals surface area (Å²) in [6.07, 6.45) is 6.70. The second kappa shape index (κ2) is 7.65. The summed E-state index contributed by atoms with van der Waals surface area (Å²) in [6, 6.07) is 7.85. The molecule has 0 atom stereocenters. The number of rotatable bonds is 8. The topological polar surface area (TPSA) is 66.0 Å². The first-order valence-corrected chi connectivity index (χ1v) is 7.18. The van der Waals surface area contributed by atoms with E-state index in [1.54, 1.807) is 4.68 Å². The van der Waals surface area contributed by atoms with E-state index in [2.05, 4.69) is 17.2 Å². The molecule has 2 rings (SSSR count). The van der Waals surface area contributed by atoms with Crippen LogP contribution in [0.5, 0.6) is 5.75 Å². The lowest BCUT2D eigenvalue weighted by Gasteiger charge is -2.06. The molecule has 1 aromatic heterocycles. The van der Waals surface area contributed by atoms with Gasteiger partial charge in [0.25, 0.3) is 0 Å². The Bertz CT molecular complexity index is 507. The Labute approximate surface area is 119 Å².